The van der Waals surface area contributed by atoms with Crippen molar-refractivity contribution in [2.45, 2.75) is 13.8 Å². The lowest BCUT2D eigenvalue weighted by Gasteiger charge is -2.21. The minimum atomic E-state index is -0.0350. The van der Waals surface area contributed by atoms with Crippen molar-refractivity contribution in [1.82, 2.24) is 14.7 Å². The van der Waals surface area contributed by atoms with E-state index in [4.69, 9.17) is 4.74 Å². The van der Waals surface area contributed by atoms with Gasteiger partial charge in [0.2, 0.25) is 0 Å². The summed E-state index contributed by atoms with van der Waals surface area (Å²) in [5.74, 6) is 1.39. The summed E-state index contributed by atoms with van der Waals surface area (Å²) in [6.45, 7) is 5.24. The number of carbonyl (C=O) groups excluding carboxylic acids is 1. The highest BCUT2D eigenvalue weighted by atomic mass is 16.5. The van der Waals surface area contributed by atoms with Crippen LogP contribution in [0.3, 0.4) is 0 Å². The molecule has 0 aliphatic carbocycles. The fourth-order valence-corrected chi connectivity index (χ4v) is 2.93. The number of ether oxygens (including phenoxy) is 1. The first kappa shape index (κ1) is 18.5. The Hall–Kier alpha value is -3.28. The fourth-order valence-electron chi connectivity index (χ4n) is 2.93. The van der Waals surface area contributed by atoms with Crippen molar-refractivity contribution in [3.8, 4) is 11.4 Å². The molecule has 3 aromatic rings. The molecule has 0 saturated heterocycles. The lowest BCUT2D eigenvalue weighted by Crippen LogP contribution is -2.31. The van der Waals surface area contributed by atoms with Crippen LogP contribution in [0.15, 0.2) is 60.8 Å². The predicted molar refractivity (Wildman–Crippen MR) is 107 cm³/mol. The number of methoxy groups -OCH3 is 1. The molecule has 3 rings (SSSR count). The molecule has 1 aromatic heterocycles. The minimum absolute atomic E-state index is 0.0350. The number of anilines is 2. The standard InChI is InChI=1S/C21H24N4O2/c1-4-24(5-2)21(26)18-15-17(27-3)11-12-19(18)23-20-13-14-22-25(20)16-9-7-6-8-10-16/h6-15,23H,4-5H2,1-3H3. The van der Waals surface area contributed by atoms with E-state index in [-0.39, 0.29) is 5.91 Å². The van der Waals surface area contributed by atoms with Gasteiger partial charge in [0.25, 0.3) is 5.91 Å². The monoisotopic (exact) mass is 364 g/mol. The predicted octanol–water partition coefficient (Wildman–Crippen LogP) is 4.11. The molecule has 27 heavy (non-hydrogen) atoms. The van der Waals surface area contributed by atoms with Gasteiger partial charge < -0.3 is 15.0 Å². The molecule has 140 valence electrons. The van der Waals surface area contributed by atoms with Crippen molar-refractivity contribution in [1.29, 1.82) is 0 Å². The Morgan fingerprint density at radius 1 is 1.11 bits per heavy atom. The topological polar surface area (TPSA) is 59.4 Å². The second-order valence-corrected chi connectivity index (χ2v) is 5.98. The molecule has 2 aromatic carbocycles. The van der Waals surface area contributed by atoms with Crippen molar-refractivity contribution in [2.24, 2.45) is 0 Å². The van der Waals surface area contributed by atoms with Gasteiger partial charge in [0.1, 0.15) is 11.6 Å². The highest BCUT2D eigenvalue weighted by Gasteiger charge is 2.19. The molecule has 0 aliphatic heterocycles. The molecule has 0 radical (unpaired) electrons. The summed E-state index contributed by atoms with van der Waals surface area (Å²) in [6, 6.07) is 17.2. The van der Waals surface area contributed by atoms with E-state index in [1.165, 1.54) is 0 Å². The average molecular weight is 364 g/mol. The number of nitrogens with zero attached hydrogens (tertiary/aromatic N) is 3. The molecule has 0 unspecified atom stereocenters. The second-order valence-electron chi connectivity index (χ2n) is 5.98. The first-order valence-corrected chi connectivity index (χ1v) is 9.01. The van der Waals surface area contributed by atoms with Crippen molar-refractivity contribution in [3.63, 3.8) is 0 Å². The van der Waals surface area contributed by atoms with E-state index in [1.54, 1.807) is 29.0 Å². The molecule has 0 atom stereocenters. The van der Waals surface area contributed by atoms with Crippen LogP contribution < -0.4 is 10.1 Å². The Balaban J connectivity index is 1.99. The van der Waals surface area contributed by atoms with E-state index in [1.807, 2.05) is 62.4 Å². The lowest BCUT2D eigenvalue weighted by atomic mass is 10.1. The molecule has 0 fully saturated rings. The van der Waals surface area contributed by atoms with E-state index in [0.717, 1.165) is 11.5 Å². The number of hydrogen-bond donors (Lipinski definition) is 1. The molecular formula is C21H24N4O2. The third-order valence-corrected chi connectivity index (χ3v) is 4.41. The summed E-state index contributed by atoms with van der Waals surface area (Å²) in [6.07, 6.45) is 1.73. The molecule has 0 spiro atoms. The van der Waals surface area contributed by atoms with Crippen molar-refractivity contribution in [3.05, 3.63) is 66.4 Å². The van der Waals surface area contributed by atoms with Gasteiger partial charge in [0.05, 0.1) is 30.2 Å². The summed E-state index contributed by atoms with van der Waals surface area (Å²) in [5.41, 5.74) is 2.22. The van der Waals surface area contributed by atoms with Gasteiger partial charge in [-0.25, -0.2) is 4.68 Å². The van der Waals surface area contributed by atoms with Crippen LogP contribution in [0.4, 0.5) is 11.5 Å². The maximum atomic E-state index is 13.0. The molecule has 0 aliphatic rings. The summed E-state index contributed by atoms with van der Waals surface area (Å²) in [4.78, 5) is 14.8. The first-order chi connectivity index (χ1) is 13.2. The number of benzene rings is 2. The zero-order valence-corrected chi connectivity index (χ0v) is 15.8. The summed E-state index contributed by atoms with van der Waals surface area (Å²) in [5, 5.41) is 7.74. The number of nitrogens with one attached hydrogen (secondary N) is 1. The maximum absolute atomic E-state index is 13.0. The van der Waals surface area contributed by atoms with Gasteiger partial charge in [-0.2, -0.15) is 5.10 Å². The summed E-state index contributed by atoms with van der Waals surface area (Å²) < 4.78 is 7.12. The smallest absolute Gasteiger partial charge is 0.256 e. The molecule has 1 N–H and O–H groups in total. The minimum Gasteiger partial charge on any atom is -0.497 e. The Kier molecular flexibility index (Phi) is 5.76. The molecular weight excluding hydrogens is 340 g/mol. The lowest BCUT2D eigenvalue weighted by molar-refractivity contribution is 0.0773. The van der Waals surface area contributed by atoms with Crippen LogP contribution in [-0.2, 0) is 0 Å². The molecule has 0 saturated carbocycles. The van der Waals surface area contributed by atoms with Gasteiger partial charge >= 0.3 is 0 Å². The fraction of sp³-hybridized carbons (Fsp3) is 0.238. The highest BCUT2D eigenvalue weighted by molar-refractivity contribution is 6.00. The van der Waals surface area contributed by atoms with Crippen LogP contribution in [0.2, 0.25) is 0 Å². The van der Waals surface area contributed by atoms with Gasteiger partial charge in [-0.3, -0.25) is 4.79 Å². The van der Waals surface area contributed by atoms with Gasteiger partial charge in [0, 0.05) is 19.2 Å². The molecule has 6 heteroatoms. The van der Waals surface area contributed by atoms with Crippen LogP contribution in [0.5, 0.6) is 5.75 Å². The van der Waals surface area contributed by atoms with Gasteiger partial charge in [0.15, 0.2) is 0 Å². The SMILES string of the molecule is CCN(CC)C(=O)c1cc(OC)ccc1Nc1ccnn1-c1ccccc1. The maximum Gasteiger partial charge on any atom is 0.256 e. The van der Waals surface area contributed by atoms with Crippen LogP contribution in [0.1, 0.15) is 24.2 Å². The first-order valence-electron chi connectivity index (χ1n) is 9.01. The number of aromatic nitrogens is 2. The molecule has 0 bridgehead atoms. The van der Waals surface area contributed by atoms with Gasteiger partial charge in [-0.15, -0.1) is 0 Å². The van der Waals surface area contributed by atoms with E-state index < -0.39 is 0 Å². The van der Waals surface area contributed by atoms with Crippen molar-refractivity contribution >= 4 is 17.4 Å². The van der Waals surface area contributed by atoms with Crippen LogP contribution in [-0.4, -0.2) is 40.8 Å². The average Bonchev–Trinajstić information content (AvgIpc) is 3.18. The molecule has 6 nitrogen and oxygen atoms in total. The largest absolute Gasteiger partial charge is 0.497 e. The normalized spacial score (nSPS) is 10.5. The van der Waals surface area contributed by atoms with E-state index in [2.05, 4.69) is 10.4 Å². The van der Waals surface area contributed by atoms with E-state index in [0.29, 0.717) is 30.1 Å². The van der Waals surface area contributed by atoms with Crippen molar-refractivity contribution in [2.75, 3.05) is 25.5 Å². The second kappa shape index (κ2) is 8.40. The van der Waals surface area contributed by atoms with E-state index >= 15 is 0 Å². The van der Waals surface area contributed by atoms with Crippen LogP contribution >= 0.6 is 0 Å². The zero-order valence-electron chi connectivity index (χ0n) is 15.8. The molecule has 1 amide bonds. The Labute approximate surface area is 159 Å². The summed E-state index contributed by atoms with van der Waals surface area (Å²) >= 11 is 0. The third-order valence-electron chi connectivity index (χ3n) is 4.41. The van der Waals surface area contributed by atoms with Crippen LogP contribution in [0.25, 0.3) is 5.69 Å². The highest BCUT2D eigenvalue weighted by Crippen LogP contribution is 2.27. The molecule has 1 heterocycles. The van der Waals surface area contributed by atoms with Crippen molar-refractivity contribution < 1.29 is 9.53 Å². The van der Waals surface area contributed by atoms with Gasteiger partial charge in [-0.05, 0) is 44.2 Å². The Morgan fingerprint density at radius 2 is 1.85 bits per heavy atom. The number of hydrogen-bond acceptors (Lipinski definition) is 4. The number of rotatable bonds is 7. The zero-order chi connectivity index (χ0) is 19.2. The Bertz CT molecular complexity index is 902. The third kappa shape index (κ3) is 3.95. The number of carbonyl (C=O) groups is 1. The Morgan fingerprint density at radius 3 is 2.52 bits per heavy atom. The number of amides is 1. The number of para-hydroxylation sites is 1. The van der Waals surface area contributed by atoms with E-state index in [9.17, 15) is 4.79 Å². The quantitative estimate of drug-likeness (QED) is 0.685. The summed E-state index contributed by atoms with van der Waals surface area (Å²) in [7, 11) is 1.60. The van der Waals surface area contributed by atoms with Gasteiger partial charge in [-0.1, -0.05) is 18.2 Å². The van der Waals surface area contributed by atoms with Crippen LogP contribution in [0, 0.1) is 0 Å².